The van der Waals surface area contributed by atoms with Crippen molar-refractivity contribution in [3.05, 3.63) is 57.6 Å². The van der Waals surface area contributed by atoms with Crippen molar-refractivity contribution < 1.29 is 19.2 Å². The Morgan fingerprint density at radius 3 is 2.24 bits per heavy atom. The molecule has 0 atom stereocenters. The van der Waals surface area contributed by atoms with Crippen LogP contribution in [0.2, 0.25) is 0 Å². The predicted octanol–water partition coefficient (Wildman–Crippen LogP) is 4.28. The Labute approximate surface area is 246 Å². The van der Waals surface area contributed by atoms with Crippen LogP contribution >= 0.6 is 12.2 Å². The fourth-order valence-electron chi connectivity index (χ4n) is 5.21. The lowest BCUT2D eigenvalue weighted by Gasteiger charge is -2.36. The van der Waals surface area contributed by atoms with Crippen LogP contribution < -0.4 is 20.4 Å². The highest BCUT2D eigenvalue weighted by molar-refractivity contribution is 7.80. The predicted molar refractivity (Wildman–Crippen MR) is 164 cm³/mol. The van der Waals surface area contributed by atoms with E-state index in [4.69, 9.17) is 17.0 Å². The summed E-state index contributed by atoms with van der Waals surface area (Å²) >= 11 is 5.47. The number of piperidine rings is 1. The number of nitrogens with one attached hydrogen (secondary N) is 2. The molecule has 2 aromatic rings. The first-order valence-corrected chi connectivity index (χ1v) is 14.5. The minimum atomic E-state index is -0.566. The summed E-state index contributed by atoms with van der Waals surface area (Å²) in [6.45, 7) is 12.2. The second kappa shape index (κ2) is 13.7. The van der Waals surface area contributed by atoms with Gasteiger partial charge in [0, 0.05) is 50.9 Å². The fraction of sp³-hybridized carbons (Fsp3) is 0.483. The second-order valence-electron chi connectivity index (χ2n) is 10.4. The molecule has 220 valence electrons. The maximum Gasteiger partial charge on any atom is 0.338 e. The molecule has 0 unspecified atom stereocenters. The van der Waals surface area contributed by atoms with E-state index in [-0.39, 0.29) is 23.0 Å². The molecule has 2 N–H and O–H groups in total. The molecule has 0 radical (unpaired) electrons. The van der Waals surface area contributed by atoms with Crippen molar-refractivity contribution in [1.82, 2.24) is 10.2 Å². The van der Waals surface area contributed by atoms with Crippen molar-refractivity contribution >= 4 is 52.0 Å². The molecule has 4 rings (SSSR count). The lowest BCUT2D eigenvalue weighted by atomic mass is 9.98. The van der Waals surface area contributed by atoms with E-state index in [1.807, 2.05) is 11.0 Å². The average Bonchev–Trinajstić information content (AvgIpc) is 2.97. The lowest BCUT2D eigenvalue weighted by Crippen LogP contribution is -2.46. The number of likely N-dealkylation sites (N-methyl/N-ethyl adjacent to an activating group) is 1. The van der Waals surface area contributed by atoms with Crippen molar-refractivity contribution in [1.29, 1.82) is 0 Å². The Hall–Kier alpha value is -3.77. The number of rotatable bonds is 8. The molecule has 2 aromatic carbocycles. The zero-order chi connectivity index (χ0) is 29.5. The maximum absolute atomic E-state index is 13.1. The highest BCUT2D eigenvalue weighted by atomic mass is 32.1. The molecule has 0 aromatic heterocycles. The third-order valence-electron chi connectivity index (χ3n) is 7.70. The Morgan fingerprint density at radius 1 is 0.976 bits per heavy atom. The van der Waals surface area contributed by atoms with E-state index in [2.05, 4.69) is 34.3 Å². The molecule has 0 aliphatic carbocycles. The van der Waals surface area contributed by atoms with E-state index < -0.39 is 16.8 Å². The second-order valence-corrected chi connectivity index (χ2v) is 10.8. The van der Waals surface area contributed by atoms with Gasteiger partial charge in [-0.1, -0.05) is 13.8 Å². The SMILES string of the molecule is CCOC(=O)c1ccc(N2CCN(CC)CC2)c(NC(=S)NC(=O)c2ccc(N3CCC(C)CC3)c([N+](=O)[O-])c2)c1. The number of hydrogen-bond donors (Lipinski definition) is 2. The van der Waals surface area contributed by atoms with Gasteiger partial charge < -0.3 is 24.8 Å². The van der Waals surface area contributed by atoms with E-state index in [0.717, 1.165) is 64.3 Å². The van der Waals surface area contributed by atoms with Gasteiger partial charge in [0.15, 0.2) is 5.11 Å². The zero-order valence-electron chi connectivity index (χ0n) is 23.9. The molecule has 1 amide bonds. The molecular weight excluding hydrogens is 544 g/mol. The summed E-state index contributed by atoms with van der Waals surface area (Å²) in [5, 5.41) is 17.6. The quantitative estimate of drug-likeness (QED) is 0.202. The molecule has 41 heavy (non-hydrogen) atoms. The van der Waals surface area contributed by atoms with Gasteiger partial charge in [0.1, 0.15) is 5.69 Å². The molecule has 2 saturated heterocycles. The van der Waals surface area contributed by atoms with Crippen molar-refractivity contribution in [2.24, 2.45) is 5.92 Å². The number of thiocarbonyl (C=S) groups is 1. The molecule has 11 nitrogen and oxygen atoms in total. The van der Waals surface area contributed by atoms with Crippen LogP contribution in [0.1, 0.15) is 54.3 Å². The molecule has 0 bridgehead atoms. The number of nitrogens with zero attached hydrogens (tertiary/aromatic N) is 4. The van der Waals surface area contributed by atoms with Gasteiger partial charge in [-0.2, -0.15) is 0 Å². The zero-order valence-corrected chi connectivity index (χ0v) is 24.7. The monoisotopic (exact) mass is 582 g/mol. The van der Waals surface area contributed by atoms with Gasteiger partial charge in [0.2, 0.25) is 0 Å². The van der Waals surface area contributed by atoms with Gasteiger partial charge in [0.05, 0.1) is 28.5 Å². The molecule has 2 aliphatic rings. The number of hydrogen-bond acceptors (Lipinski definition) is 9. The molecule has 2 heterocycles. The summed E-state index contributed by atoms with van der Waals surface area (Å²) in [6, 6.07) is 9.75. The lowest BCUT2D eigenvalue weighted by molar-refractivity contribution is -0.384. The number of anilines is 3. The third kappa shape index (κ3) is 7.50. The molecule has 0 saturated carbocycles. The van der Waals surface area contributed by atoms with E-state index >= 15 is 0 Å². The summed E-state index contributed by atoms with van der Waals surface area (Å²) in [5.41, 5.74) is 2.31. The number of carbonyl (C=O) groups is 2. The van der Waals surface area contributed by atoms with E-state index in [1.165, 1.54) is 6.07 Å². The van der Waals surface area contributed by atoms with Crippen LogP contribution in [-0.2, 0) is 4.74 Å². The number of benzene rings is 2. The summed E-state index contributed by atoms with van der Waals surface area (Å²) in [6.07, 6.45) is 1.93. The van der Waals surface area contributed by atoms with Crippen molar-refractivity contribution in [2.45, 2.75) is 33.6 Å². The summed E-state index contributed by atoms with van der Waals surface area (Å²) in [5.74, 6) is -0.434. The van der Waals surface area contributed by atoms with Crippen LogP contribution in [0.4, 0.5) is 22.7 Å². The standard InChI is InChI=1S/C29H38N6O5S/c1-4-32-14-16-34(17-15-32)24-8-7-22(28(37)40-5-2)18-23(24)30-29(41)31-27(36)21-6-9-25(26(19-21)35(38)39)33-12-10-20(3)11-13-33/h6-9,18-20H,4-5,10-17H2,1-3H3,(H2,30,31,36,41). The number of nitro groups is 1. The van der Waals surface area contributed by atoms with Gasteiger partial charge >= 0.3 is 5.97 Å². The van der Waals surface area contributed by atoms with Gasteiger partial charge in [-0.25, -0.2) is 4.79 Å². The van der Waals surface area contributed by atoms with Crippen LogP contribution in [0, 0.1) is 16.0 Å². The first-order chi connectivity index (χ1) is 19.7. The van der Waals surface area contributed by atoms with Crippen LogP contribution in [0.5, 0.6) is 0 Å². The Morgan fingerprint density at radius 2 is 1.61 bits per heavy atom. The van der Waals surface area contributed by atoms with E-state index in [1.54, 1.807) is 31.2 Å². The molecule has 2 fully saturated rings. The summed E-state index contributed by atoms with van der Waals surface area (Å²) in [7, 11) is 0. The number of ether oxygens (including phenoxy) is 1. The first-order valence-electron chi connectivity index (χ1n) is 14.1. The largest absolute Gasteiger partial charge is 0.462 e. The number of nitro benzene ring substituents is 1. The smallest absolute Gasteiger partial charge is 0.338 e. The topological polar surface area (TPSA) is 120 Å². The third-order valence-corrected chi connectivity index (χ3v) is 7.91. The van der Waals surface area contributed by atoms with Crippen molar-refractivity contribution in [3.63, 3.8) is 0 Å². The molecular formula is C29H38N6O5S. The van der Waals surface area contributed by atoms with Crippen LogP contribution in [0.15, 0.2) is 36.4 Å². The molecule has 0 spiro atoms. The molecule has 12 heteroatoms. The summed E-state index contributed by atoms with van der Waals surface area (Å²) in [4.78, 5) is 43.5. The Balaban J connectivity index is 1.51. The van der Waals surface area contributed by atoms with Crippen LogP contribution in [-0.4, -0.2) is 79.2 Å². The van der Waals surface area contributed by atoms with Crippen molar-refractivity contribution in [2.75, 3.05) is 67.5 Å². The first kappa shape index (κ1) is 30.2. The minimum Gasteiger partial charge on any atom is -0.462 e. The Kier molecular flexibility index (Phi) is 10.1. The average molecular weight is 583 g/mol. The normalized spacial score (nSPS) is 16.3. The van der Waals surface area contributed by atoms with Crippen LogP contribution in [0.3, 0.4) is 0 Å². The number of piperazine rings is 1. The van der Waals surface area contributed by atoms with Crippen LogP contribution in [0.25, 0.3) is 0 Å². The van der Waals surface area contributed by atoms with Gasteiger partial charge in [-0.3, -0.25) is 20.2 Å². The van der Waals surface area contributed by atoms with Crippen molar-refractivity contribution in [3.8, 4) is 0 Å². The number of amides is 1. The highest BCUT2D eigenvalue weighted by Crippen LogP contribution is 2.33. The van der Waals surface area contributed by atoms with Gasteiger partial charge in [-0.05, 0) is 74.8 Å². The van der Waals surface area contributed by atoms with E-state index in [0.29, 0.717) is 22.9 Å². The minimum absolute atomic E-state index is 0.0150. The summed E-state index contributed by atoms with van der Waals surface area (Å²) < 4.78 is 5.17. The van der Waals surface area contributed by atoms with E-state index in [9.17, 15) is 19.7 Å². The fourth-order valence-corrected chi connectivity index (χ4v) is 5.42. The Bertz CT molecular complexity index is 1290. The number of esters is 1. The molecule has 2 aliphatic heterocycles. The maximum atomic E-state index is 13.1. The van der Waals surface area contributed by atoms with Gasteiger partial charge in [-0.15, -0.1) is 0 Å². The number of carbonyl (C=O) groups excluding carboxylic acids is 2. The highest BCUT2D eigenvalue weighted by Gasteiger charge is 2.26. The van der Waals surface area contributed by atoms with Gasteiger partial charge in [0.25, 0.3) is 11.6 Å².